The molecule has 0 bridgehead atoms. The van der Waals surface area contributed by atoms with E-state index in [4.69, 9.17) is 30.1 Å². The van der Waals surface area contributed by atoms with Crippen molar-refractivity contribution in [2.45, 2.75) is 0 Å². The van der Waals surface area contributed by atoms with E-state index in [2.05, 4.69) is 0 Å². The molecule has 4 heavy (non-hydrogen) atoms. The largest absolute Gasteiger partial charge is 1.00 e. The van der Waals surface area contributed by atoms with Crippen LogP contribution in [0, 0.1) is 0 Å². The molecule has 0 N–H and O–H groups in total. The first-order valence-electron chi connectivity index (χ1n) is 0.463. The predicted octanol–water partition coefficient (Wildman–Crippen LogP) is 2.18. The SMILES string of the molecule is [Cl][Cr]([Cl])[Cl].[H+]. The summed E-state index contributed by atoms with van der Waals surface area (Å²) in [5.41, 5.74) is 0. The van der Waals surface area contributed by atoms with Crippen LogP contribution in [0.4, 0.5) is 0 Å². The standard InChI is InChI=1S/3ClH.Cr/h3*1H;/q;;;+3/p-2. The molecular weight excluding hydrogens is 158 g/mol. The van der Waals surface area contributed by atoms with Crippen LogP contribution >= 0.6 is 30.1 Å². The van der Waals surface area contributed by atoms with Crippen LogP contribution in [0.15, 0.2) is 0 Å². The van der Waals surface area contributed by atoms with Crippen molar-refractivity contribution in [1.29, 1.82) is 0 Å². The van der Waals surface area contributed by atoms with E-state index in [0.29, 0.717) is 0 Å². The second-order valence-electron chi connectivity index (χ2n) is 0.175. The van der Waals surface area contributed by atoms with Crippen LogP contribution in [-0.4, -0.2) is 0 Å². The summed E-state index contributed by atoms with van der Waals surface area (Å²) in [6.45, 7) is 0. The van der Waals surface area contributed by atoms with Gasteiger partial charge in [0.15, 0.2) is 0 Å². The molecule has 0 aliphatic heterocycles. The van der Waals surface area contributed by atoms with E-state index in [1.54, 1.807) is 0 Å². The normalized spacial score (nSPS) is 9.00. The first-order valence-corrected chi connectivity index (χ1v) is 5.73. The Hall–Kier alpha value is 1.40. The molecule has 4 heteroatoms. The third-order valence-corrected chi connectivity index (χ3v) is 0. The van der Waals surface area contributed by atoms with E-state index in [1.165, 1.54) is 0 Å². The molecule has 0 saturated heterocycles. The summed E-state index contributed by atoms with van der Waals surface area (Å²) in [7, 11) is 14.8. The molecule has 0 aromatic carbocycles. The van der Waals surface area contributed by atoms with Crippen molar-refractivity contribution in [3.8, 4) is 0 Å². The van der Waals surface area contributed by atoms with Crippen molar-refractivity contribution in [3.05, 3.63) is 0 Å². The molecule has 0 radical (unpaired) electrons. The Labute approximate surface area is 43.1 Å². The topological polar surface area (TPSA) is 0 Å². The quantitative estimate of drug-likeness (QED) is 0.508. The molecule has 0 saturated carbocycles. The second-order valence-corrected chi connectivity index (χ2v) is 6.49. The van der Waals surface area contributed by atoms with Gasteiger partial charge in [-0.15, -0.1) is 0 Å². The van der Waals surface area contributed by atoms with E-state index in [0.717, 1.165) is 0 Å². The van der Waals surface area contributed by atoms with Crippen molar-refractivity contribution in [1.82, 2.24) is 0 Å². The average molecular weight is 159 g/mol. The third kappa shape index (κ3) is 9.98. The number of hydrogen-bond acceptors (Lipinski definition) is 0. The zero-order valence-corrected chi connectivity index (χ0v) is 5.08. The van der Waals surface area contributed by atoms with Gasteiger partial charge < -0.3 is 0 Å². The molecule has 0 amide bonds. The van der Waals surface area contributed by atoms with E-state index in [1.807, 2.05) is 0 Å². The minimum atomic E-state index is -1.62. The Morgan fingerprint density at radius 1 is 1.25 bits per heavy atom. The van der Waals surface area contributed by atoms with Gasteiger partial charge in [0.25, 0.3) is 0 Å². The van der Waals surface area contributed by atoms with Gasteiger partial charge in [0, 0.05) is 0 Å². The first kappa shape index (κ1) is 5.40. The van der Waals surface area contributed by atoms with Gasteiger partial charge in [0.2, 0.25) is 0 Å². The number of halogens is 3. The van der Waals surface area contributed by atoms with Crippen LogP contribution in [-0.2, 0) is 11.4 Å². The van der Waals surface area contributed by atoms with Gasteiger partial charge in [-0.25, -0.2) is 0 Å². The van der Waals surface area contributed by atoms with Crippen LogP contribution in [0.25, 0.3) is 0 Å². The summed E-state index contributed by atoms with van der Waals surface area (Å²) < 4.78 is 0. The van der Waals surface area contributed by atoms with E-state index in [9.17, 15) is 0 Å². The van der Waals surface area contributed by atoms with Crippen molar-refractivity contribution in [2.75, 3.05) is 0 Å². The summed E-state index contributed by atoms with van der Waals surface area (Å²) in [6.07, 6.45) is 0. The van der Waals surface area contributed by atoms with Crippen molar-refractivity contribution in [2.24, 2.45) is 0 Å². The second kappa shape index (κ2) is 2.63. The van der Waals surface area contributed by atoms with Crippen LogP contribution in [0.3, 0.4) is 0 Å². The first-order chi connectivity index (χ1) is 1.73. The summed E-state index contributed by atoms with van der Waals surface area (Å²) in [4.78, 5) is 0. The van der Waals surface area contributed by atoms with Crippen molar-refractivity contribution >= 4 is 30.1 Å². The maximum atomic E-state index is 4.93. The Morgan fingerprint density at radius 2 is 1.25 bits per heavy atom. The van der Waals surface area contributed by atoms with Gasteiger partial charge in [-0.2, -0.15) is 0 Å². The minimum Gasteiger partial charge on any atom is 1.00 e. The Kier molecular flexibility index (Phi) is 3.55. The molecule has 0 atom stereocenters. The number of rotatable bonds is 0. The Morgan fingerprint density at radius 3 is 1.25 bits per heavy atom. The fourth-order valence-electron chi connectivity index (χ4n) is 0. The molecule has 0 aliphatic rings. The smallest absolute Gasteiger partial charge is 1.00 e. The monoisotopic (exact) mass is 158 g/mol. The molecule has 0 aliphatic carbocycles. The maximum absolute atomic E-state index is 4.93. The summed E-state index contributed by atoms with van der Waals surface area (Å²) in [5, 5.41) is 0. The van der Waals surface area contributed by atoms with Crippen LogP contribution in [0.2, 0.25) is 0 Å². The molecule has 0 nitrogen and oxygen atoms in total. The van der Waals surface area contributed by atoms with Crippen molar-refractivity contribution < 1.29 is 12.8 Å². The third-order valence-electron chi connectivity index (χ3n) is 0. The fourth-order valence-corrected chi connectivity index (χ4v) is 0. The minimum absolute atomic E-state index is 0. The zero-order valence-electron chi connectivity index (χ0n) is 2.54. The Balaban J connectivity index is 0. The summed E-state index contributed by atoms with van der Waals surface area (Å²) in [6, 6.07) is 0. The summed E-state index contributed by atoms with van der Waals surface area (Å²) >= 11 is -1.62. The van der Waals surface area contributed by atoms with Gasteiger partial charge in [0.1, 0.15) is 0 Å². The molecule has 0 aromatic rings. The van der Waals surface area contributed by atoms with Gasteiger partial charge in [0.05, 0.1) is 0 Å². The van der Waals surface area contributed by atoms with Gasteiger partial charge in [-0.05, 0) is 0 Å². The van der Waals surface area contributed by atoms with E-state index < -0.39 is 11.4 Å². The van der Waals surface area contributed by atoms with Crippen molar-refractivity contribution in [3.63, 3.8) is 0 Å². The summed E-state index contributed by atoms with van der Waals surface area (Å²) in [5.74, 6) is 0. The van der Waals surface area contributed by atoms with Gasteiger partial charge in [-0.3, -0.25) is 0 Å². The maximum Gasteiger partial charge on any atom is 1.00 e. The zero-order chi connectivity index (χ0) is 3.58. The Bertz CT molecular complexity index is 11.6. The van der Waals surface area contributed by atoms with E-state index >= 15 is 0 Å². The molecule has 0 rings (SSSR count). The molecule has 0 heterocycles. The van der Waals surface area contributed by atoms with Gasteiger partial charge in [-0.1, -0.05) is 0 Å². The molecule has 0 aromatic heterocycles. The fraction of sp³-hybridized carbons (Fsp3) is 0. The van der Waals surface area contributed by atoms with Crippen LogP contribution < -0.4 is 0 Å². The van der Waals surface area contributed by atoms with E-state index in [-0.39, 0.29) is 1.43 Å². The number of hydrogen-bond donors (Lipinski definition) is 0. The predicted molar refractivity (Wildman–Crippen MR) is 18.7 cm³/mol. The van der Waals surface area contributed by atoms with Gasteiger partial charge >= 0.3 is 43.0 Å². The molecular formula is HCl3Cr+. The molecule has 0 unspecified atom stereocenters. The van der Waals surface area contributed by atoms with Crippen LogP contribution in [0.1, 0.15) is 1.43 Å². The molecule has 0 fully saturated rings. The van der Waals surface area contributed by atoms with Crippen LogP contribution in [0.5, 0.6) is 0 Å². The average Bonchev–Trinajstić information content (AvgIpc) is 0.811. The molecule has 0 spiro atoms. The molecule has 27 valence electrons.